The highest BCUT2D eigenvalue weighted by Crippen LogP contribution is 2.40. The summed E-state index contributed by atoms with van der Waals surface area (Å²) in [7, 11) is 0. The van der Waals surface area contributed by atoms with E-state index in [1.807, 2.05) is 37.8 Å². The van der Waals surface area contributed by atoms with Crippen LogP contribution in [0.3, 0.4) is 0 Å². The third-order valence-electron chi connectivity index (χ3n) is 4.06. The lowest BCUT2D eigenvalue weighted by Crippen LogP contribution is -2.45. The first-order valence-corrected chi connectivity index (χ1v) is 8.46. The van der Waals surface area contributed by atoms with Crippen LogP contribution < -0.4 is 0 Å². The molecule has 0 aliphatic carbocycles. The summed E-state index contributed by atoms with van der Waals surface area (Å²) in [6.45, 7) is 5.68. The van der Waals surface area contributed by atoms with E-state index in [-0.39, 0.29) is 18.2 Å². The Labute approximate surface area is 134 Å². The third kappa shape index (κ3) is 2.95. The zero-order chi connectivity index (χ0) is 15.9. The summed E-state index contributed by atoms with van der Waals surface area (Å²) < 4.78 is 5.53. The van der Waals surface area contributed by atoms with Crippen molar-refractivity contribution in [2.24, 2.45) is 0 Å². The Morgan fingerprint density at radius 2 is 2.14 bits per heavy atom. The average Bonchev–Trinajstić information content (AvgIpc) is 3.00. The number of rotatable bonds is 2. The van der Waals surface area contributed by atoms with Crippen LogP contribution in [0.4, 0.5) is 4.79 Å². The van der Waals surface area contributed by atoms with Gasteiger partial charge in [-0.2, -0.15) is 0 Å². The van der Waals surface area contributed by atoms with E-state index in [0.717, 1.165) is 35.3 Å². The van der Waals surface area contributed by atoms with Gasteiger partial charge in [-0.25, -0.2) is 4.79 Å². The number of carbonyl (C=O) groups excluding carboxylic acids is 2. The molecule has 2 bridgehead atoms. The Morgan fingerprint density at radius 1 is 1.36 bits per heavy atom. The molecule has 3 rings (SSSR count). The number of nitrogens with zero attached hydrogens (tertiary/aromatic N) is 1. The predicted octanol–water partition coefficient (Wildman–Crippen LogP) is 4.12. The number of hydrogen-bond donors (Lipinski definition) is 0. The van der Waals surface area contributed by atoms with Crippen LogP contribution >= 0.6 is 11.3 Å². The van der Waals surface area contributed by atoms with E-state index < -0.39 is 5.60 Å². The molecule has 1 aromatic rings. The number of fused-ring (bicyclic) bond motifs is 2. The molecule has 2 atom stereocenters. The highest BCUT2D eigenvalue weighted by molar-refractivity contribution is 7.14. The zero-order valence-electron chi connectivity index (χ0n) is 13.2. The number of thiophene rings is 1. The summed E-state index contributed by atoms with van der Waals surface area (Å²) in [6, 6.07) is 4.19. The molecule has 1 amide bonds. The predicted molar refractivity (Wildman–Crippen MR) is 87.2 cm³/mol. The van der Waals surface area contributed by atoms with Gasteiger partial charge >= 0.3 is 6.09 Å². The van der Waals surface area contributed by atoms with E-state index in [4.69, 9.17) is 4.74 Å². The molecular formula is C17H21NO3S. The lowest BCUT2D eigenvalue weighted by atomic mass is 10.0. The Balaban J connectivity index is 1.80. The molecule has 0 spiro atoms. The first kappa shape index (κ1) is 15.3. The van der Waals surface area contributed by atoms with Crippen molar-refractivity contribution in [2.45, 2.75) is 57.7 Å². The Bertz CT molecular complexity index is 626. The monoisotopic (exact) mass is 319 g/mol. The zero-order valence-corrected chi connectivity index (χ0v) is 14.0. The maximum atomic E-state index is 12.4. The van der Waals surface area contributed by atoms with E-state index >= 15 is 0 Å². The Hall–Kier alpha value is -1.62. The van der Waals surface area contributed by atoms with Crippen molar-refractivity contribution in [3.63, 3.8) is 0 Å². The molecule has 1 fully saturated rings. The fourth-order valence-corrected chi connectivity index (χ4v) is 4.06. The van der Waals surface area contributed by atoms with Gasteiger partial charge in [0.15, 0.2) is 6.29 Å². The molecule has 2 aliphatic heterocycles. The van der Waals surface area contributed by atoms with E-state index in [1.54, 1.807) is 0 Å². The minimum atomic E-state index is -0.465. The molecule has 1 saturated heterocycles. The summed E-state index contributed by atoms with van der Waals surface area (Å²) in [5.74, 6) is 0. The standard InChI is InChI=1S/C17H21NO3S/c1-17(2,3)21-16(20)18-12-4-5-13(18)9-11(8-12)15-7-6-14(10-19)22-15/h6-8,10,12-13H,4-5,9H2,1-3H3. The summed E-state index contributed by atoms with van der Waals surface area (Å²) in [5.41, 5.74) is 0.790. The van der Waals surface area contributed by atoms with Gasteiger partial charge in [0, 0.05) is 10.9 Å². The molecule has 5 heteroatoms. The molecule has 22 heavy (non-hydrogen) atoms. The Morgan fingerprint density at radius 3 is 2.73 bits per heavy atom. The molecular weight excluding hydrogens is 298 g/mol. The number of hydrogen-bond acceptors (Lipinski definition) is 4. The SMILES string of the molecule is CC(C)(C)OC(=O)N1C2C=C(c3ccc(C=O)s3)CC1CC2. The van der Waals surface area contributed by atoms with Gasteiger partial charge in [0.25, 0.3) is 0 Å². The second-order valence-electron chi connectivity index (χ2n) is 6.90. The number of amides is 1. The summed E-state index contributed by atoms with van der Waals surface area (Å²) in [4.78, 5) is 27.0. The molecule has 3 heterocycles. The topological polar surface area (TPSA) is 46.6 Å². The molecule has 1 aromatic heterocycles. The largest absolute Gasteiger partial charge is 0.444 e. The molecule has 2 unspecified atom stereocenters. The highest BCUT2D eigenvalue weighted by Gasteiger charge is 2.41. The summed E-state index contributed by atoms with van der Waals surface area (Å²) in [6.07, 6.45) is 5.69. The van der Waals surface area contributed by atoms with Gasteiger partial charge in [-0.15, -0.1) is 11.3 Å². The summed E-state index contributed by atoms with van der Waals surface area (Å²) >= 11 is 1.52. The average molecular weight is 319 g/mol. The van der Waals surface area contributed by atoms with Gasteiger partial charge in [0.1, 0.15) is 5.60 Å². The molecule has 118 valence electrons. The normalized spacial score (nSPS) is 24.1. The fourth-order valence-electron chi connectivity index (χ4n) is 3.20. The van der Waals surface area contributed by atoms with Gasteiger partial charge in [0.2, 0.25) is 0 Å². The van der Waals surface area contributed by atoms with E-state index in [0.29, 0.717) is 0 Å². The van der Waals surface area contributed by atoms with Crippen molar-refractivity contribution in [1.82, 2.24) is 4.90 Å². The molecule has 0 N–H and O–H groups in total. The minimum absolute atomic E-state index is 0.116. The van der Waals surface area contributed by atoms with Crippen molar-refractivity contribution in [1.29, 1.82) is 0 Å². The Kier molecular flexibility index (Phi) is 3.85. The van der Waals surface area contributed by atoms with Crippen LogP contribution in [0, 0.1) is 0 Å². The van der Waals surface area contributed by atoms with Crippen LogP contribution in [0.25, 0.3) is 5.57 Å². The number of ether oxygens (including phenoxy) is 1. The molecule has 0 radical (unpaired) electrons. The second kappa shape index (κ2) is 5.54. The quantitative estimate of drug-likeness (QED) is 0.771. The van der Waals surface area contributed by atoms with Crippen LogP contribution in [0.15, 0.2) is 18.2 Å². The maximum absolute atomic E-state index is 12.4. The van der Waals surface area contributed by atoms with Gasteiger partial charge in [-0.1, -0.05) is 6.08 Å². The van der Waals surface area contributed by atoms with E-state index in [9.17, 15) is 9.59 Å². The van der Waals surface area contributed by atoms with E-state index in [1.165, 1.54) is 16.9 Å². The van der Waals surface area contributed by atoms with Gasteiger partial charge in [-0.05, 0) is 57.7 Å². The smallest absolute Gasteiger partial charge is 0.411 e. The first-order chi connectivity index (χ1) is 10.4. The highest BCUT2D eigenvalue weighted by atomic mass is 32.1. The minimum Gasteiger partial charge on any atom is -0.444 e. The van der Waals surface area contributed by atoms with Crippen molar-refractivity contribution in [2.75, 3.05) is 0 Å². The summed E-state index contributed by atoms with van der Waals surface area (Å²) in [5, 5.41) is 0. The van der Waals surface area contributed by atoms with Crippen molar-refractivity contribution < 1.29 is 14.3 Å². The van der Waals surface area contributed by atoms with Crippen LogP contribution in [0.2, 0.25) is 0 Å². The molecule has 0 saturated carbocycles. The molecule has 2 aliphatic rings. The lowest BCUT2D eigenvalue weighted by Gasteiger charge is -2.35. The van der Waals surface area contributed by atoms with Crippen molar-refractivity contribution in [3.05, 3.63) is 28.0 Å². The van der Waals surface area contributed by atoms with Crippen molar-refractivity contribution >= 4 is 29.3 Å². The van der Waals surface area contributed by atoms with Crippen LogP contribution in [-0.4, -0.2) is 35.0 Å². The number of aldehydes is 1. The first-order valence-electron chi connectivity index (χ1n) is 7.65. The van der Waals surface area contributed by atoms with Crippen molar-refractivity contribution in [3.8, 4) is 0 Å². The van der Waals surface area contributed by atoms with E-state index in [2.05, 4.69) is 6.08 Å². The number of carbonyl (C=O) groups is 2. The fraction of sp³-hybridized carbons (Fsp3) is 0.529. The molecule has 4 nitrogen and oxygen atoms in total. The van der Waals surface area contributed by atoms with Gasteiger partial charge < -0.3 is 4.74 Å². The molecule has 0 aromatic carbocycles. The lowest BCUT2D eigenvalue weighted by molar-refractivity contribution is 0.0175. The van der Waals surface area contributed by atoms with Crippen LogP contribution in [0.5, 0.6) is 0 Å². The third-order valence-corrected chi connectivity index (χ3v) is 5.15. The maximum Gasteiger partial charge on any atom is 0.411 e. The van der Waals surface area contributed by atoms with Crippen LogP contribution in [0.1, 0.15) is 54.6 Å². The van der Waals surface area contributed by atoms with Gasteiger partial charge in [-0.3, -0.25) is 9.69 Å². The van der Waals surface area contributed by atoms with Gasteiger partial charge in [0.05, 0.1) is 10.9 Å². The second-order valence-corrected chi connectivity index (χ2v) is 8.02. The van der Waals surface area contributed by atoms with Crippen LogP contribution in [-0.2, 0) is 4.74 Å².